The molecule has 2 fully saturated rings. The number of nitriles is 1. The first-order chi connectivity index (χ1) is 8.78. The van der Waals surface area contributed by atoms with Crippen LogP contribution < -0.4 is 5.32 Å². The average Bonchev–Trinajstić information content (AvgIpc) is 2.33. The smallest absolute Gasteiger partial charge is 0.109 e. The molecule has 0 aliphatic heterocycles. The molecule has 2 atom stereocenters. The normalized spacial score (nSPS) is 32.8. The van der Waals surface area contributed by atoms with Crippen LogP contribution in [0.2, 0.25) is 0 Å². The number of hydrogen-bond donors (Lipinski definition) is 1. The minimum absolute atomic E-state index is 0.289. The van der Waals surface area contributed by atoms with Gasteiger partial charge in [-0.15, -0.1) is 0 Å². The van der Waals surface area contributed by atoms with Crippen molar-refractivity contribution >= 4 is 0 Å². The van der Waals surface area contributed by atoms with E-state index in [1.165, 1.54) is 25.7 Å². The molecule has 2 saturated carbocycles. The van der Waals surface area contributed by atoms with E-state index in [1.54, 1.807) is 0 Å². The van der Waals surface area contributed by atoms with Gasteiger partial charge < -0.3 is 4.74 Å². The molecule has 2 rings (SSSR count). The summed E-state index contributed by atoms with van der Waals surface area (Å²) in [7, 11) is 0. The molecule has 1 N–H and O–H groups in total. The van der Waals surface area contributed by atoms with Crippen molar-refractivity contribution in [1.29, 1.82) is 5.26 Å². The Morgan fingerprint density at radius 1 is 1.33 bits per heavy atom. The van der Waals surface area contributed by atoms with Crippen LogP contribution in [0.1, 0.15) is 58.3 Å². The molecule has 0 bridgehead atoms. The molecule has 0 amide bonds. The van der Waals surface area contributed by atoms with Gasteiger partial charge >= 0.3 is 0 Å². The minimum Gasteiger partial charge on any atom is -0.378 e. The highest BCUT2D eigenvalue weighted by Crippen LogP contribution is 2.32. The van der Waals surface area contributed by atoms with Crippen LogP contribution in [0.5, 0.6) is 0 Å². The predicted octanol–water partition coefficient (Wildman–Crippen LogP) is 3.01. The molecule has 102 valence electrons. The van der Waals surface area contributed by atoms with Gasteiger partial charge in [-0.1, -0.05) is 26.2 Å². The summed E-state index contributed by atoms with van der Waals surface area (Å²) < 4.78 is 6.00. The number of hydrogen-bond acceptors (Lipinski definition) is 3. The van der Waals surface area contributed by atoms with E-state index in [0.717, 1.165) is 44.8 Å². The maximum absolute atomic E-state index is 9.38. The van der Waals surface area contributed by atoms with E-state index in [4.69, 9.17) is 4.74 Å². The summed E-state index contributed by atoms with van der Waals surface area (Å²) in [5, 5.41) is 12.7. The second kappa shape index (κ2) is 6.54. The van der Waals surface area contributed by atoms with E-state index < -0.39 is 0 Å². The molecule has 0 aromatic heterocycles. The summed E-state index contributed by atoms with van der Waals surface area (Å²) in [5.74, 6) is 0.920. The molecule has 3 nitrogen and oxygen atoms in total. The van der Waals surface area contributed by atoms with E-state index >= 15 is 0 Å². The van der Waals surface area contributed by atoms with E-state index in [1.807, 2.05) is 0 Å². The number of rotatable bonds is 6. The van der Waals surface area contributed by atoms with Crippen molar-refractivity contribution in [3.63, 3.8) is 0 Å². The van der Waals surface area contributed by atoms with Crippen LogP contribution in [-0.2, 0) is 4.74 Å². The number of nitrogens with one attached hydrogen (secondary N) is 1. The first-order valence-electron chi connectivity index (χ1n) is 7.56. The van der Waals surface area contributed by atoms with Gasteiger partial charge in [0.2, 0.25) is 0 Å². The van der Waals surface area contributed by atoms with Crippen LogP contribution in [-0.4, -0.2) is 24.8 Å². The average molecular weight is 250 g/mol. The van der Waals surface area contributed by atoms with Gasteiger partial charge in [-0.05, 0) is 38.1 Å². The fraction of sp³-hybridized carbons (Fsp3) is 0.933. The van der Waals surface area contributed by atoms with Crippen molar-refractivity contribution in [2.45, 2.75) is 69.9 Å². The fourth-order valence-corrected chi connectivity index (χ4v) is 3.19. The topological polar surface area (TPSA) is 45.0 Å². The molecular formula is C15H26N2O. The zero-order valence-electron chi connectivity index (χ0n) is 11.6. The Kier molecular flexibility index (Phi) is 5.03. The molecule has 0 heterocycles. The molecule has 3 heteroatoms. The largest absolute Gasteiger partial charge is 0.378 e. The Bertz CT molecular complexity index is 291. The molecule has 2 aliphatic rings. The third-order valence-electron chi connectivity index (χ3n) is 4.54. The van der Waals surface area contributed by atoms with Crippen LogP contribution in [0.3, 0.4) is 0 Å². The summed E-state index contributed by atoms with van der Waals surface area (Å²) in [6, 6.07) is 2.48. The molecule has 0 saturated heterocycles. The molecule has 18 heavy (non-hydrogen) atoms. The maximum atomic E-state index is 9.38. The van der Waals surface area contributed by atoms with E-state index in [-0.39, 0.29) is 11.6 Å². The first-order valence-corrected chi connectivity index (χ1v) is 7.56. The lowest BCUT2D eigenvalue weighted by molar-refractivity contribution is -0.000460. The lowest BCUT2D eigenvalue weighted by atomic mass is 9.81. The zero-order valence-corrected chi connectivity index (χ0v) is 11.6. The van der Waals surface area contributed by atoms with Gasteiger partial charge in [0.05, 0.1) is 12.2 Å². The SMILES string of the molecule is CCNC1(C#N)CCCC(OCCC2CCC2)C1. The molecular weight excluding hydrogens is 224 g/mol. The molecule has 0 aromatic carbocycles. The van der Waals surface area contributed by atoms with Crippen molar-refractivity contribution in [3.8, 4) is 6.07 Å². The maximum Gasteiger partial charge on any atom is 0.109 e. The molecule has 0 aromatic rings. The van der Waals surface area contributed by atoms with Crippen LogP contribution in [0.25, 0.3) is 0 Å². The van der Waals surface area contributed by atoms with Gasteiger partial charge in [0.25, 0.3) is 0 Å². The second-order valence-electron chi connectivity index (χ2n) is 5.90. The number of ether oxygens (including phenoxy) is 1. The number of nitrogens with zero attached hydrogens (tertiary/aromatic N) is 1. The standard InChI is InChI=1S/C15H26N2O/c1-2-17-15(12-16)9-4-7-14(11-15)18-10-8-13-5-3-6-13/h13-14,17H,2-11H2,1H3. The quantitative estimate of drug-likeness (QED) is 0.788. The summed E-state index contributed by atoms with van der Waals surface area (Å²) in [6.07, 6.45) is 9.78. The first kappa shape index (κ1) is 13.8. The van der Waals surface area contributed by atoms with Crippen LogP contribution in [0.4, 0.5) is 0 Å². The Labute approximate surface area is 111 Å². The van der Waals surface area contributed by atoms with E-state index in [0.29, 0.717) is 0 Å². The highest BCUT2D eigenvalue weighted by atomic mass is 16.5. The molecule has 2 unspecified atom stereocenters. The second-order valence-corrected chi connectivity index (χ2v) is 5.90. The highest BCUT2D eigenvalue weighted by molar-refractivity contribution is 5.10. The Morgan fingerprint density at radius 2 is 2.17 bits per heavy atom. The van der Waals surface area contributed by atoms with Crippen LogP contribution >= 0.6 is 0 Å². The van der Waals surface area contributed by atoms with Crippen molar-refractivity contribution in [3.05, 3.63) is 0 Å². The van der Waals surface area contributed by atoms with Crippen molar-refractivity contribution in [2.75, 3.05) is 13.2 Å². The minimum atomic E-state index is -0.325. The molecule has 2 aliphatic carbocycles. The summed E-state index contributed by atoms with van der Waals surface area (Å²) in [5.41, 5.74) is -0.325. The third kappa shape index (κ3) is 3.46. The lowest BCUT2D eigenvalue weighted by Gasteiger charge is -2.36. The van der Waals surface area contributed by atoms with Crippen LogP contribution in [0.15, 0.2) is 0 Å². The van der Waals surface area contributed by atoms with Crippen molar-refractivity contribution < 1.29 is 4.74 Å². The fourth-order valence-electron chi connectivity index (χ4n) is 3.19. The van der Waals surface area contributed by atoms with Gasteiger partial charge in [0.15, 0.2) is 0 Å². The van der Waals surface area contributed by atoms with E-state index in [2.05, 4.69) is 18.3 Å². The zero-order chi connectivity index (χ0) is 12.8. The highest BCUT2D eigenvalue weighted by Gasteiger charge is 2.36. The third-order valence-corrected chi connectivity index (χ3v) is 4.54. The van der Waals surface area contributed by atoms with Gasteiger partial charge in [0, 0.05) is 13.0 Å². The Morgan fingerprint density at radius 3 is 2.78 bits per heavy atom. The van der Waals surface area contributed by atoms with Gasteiger partial charge in [0.1, 0.15) is 5.54 Å². The van der Waals surface area contributed by atoms with Crippen molar-refractivity contribution in [2.24, 2.45) is 5.92 Å². The van der Waals surface area contributed by atoms with Crippen LogP contribution in [0, 0.1) is 17.2 Å². The lowest BCUT2D eigenvalue weighted by Crippen LogP contribution is -2.49. The molecule has 0 radical (unpaired) electrons. The Balaban J connectivity index is 1.73. The molecule has 0 spiro atoms. The van der Waals surface area contributed by atoms with Gasteiger partial charge in [-0.2, -0.15) is 5.26 Å². The van der Waals surface area contributed by atoms with Gasteiger partial charge in [-0.3, -0.25) is 5.32 Å². The predicted molar refractivity (Wildman–Crippen MR) is 72.2 cm³/mol. The summed E-state index contributed by atoms with van der Waals surface area (Å²) in [6.45, 7) is 3.82. The van der Waals surface area contributed by atoms with Crippen molar-refractivity contribution in [1.82, 2.24) is 5.32 Å². The monoisotopic (exact) mass is 250 g/mol. The summed E-state index contributed by atoms with van der Waals surface area (Å²) in [4.78, 5) is 0. The Hall–Kier alpha value is -0.590. The van der Waals surface area contributed by atoms with E-state index in [9.17, 15) is 5.26 Å². The van der Waals surface area contributed by atoms with Gasteiger partial charge in [-0.25, -0.2) is 0 Å². The summed E-state index contributed by atoms with van der Waals surface area (Å²) >= 11 is 0.